The molecule has 0 radical (unpaired) electrons. The summed E-state index contributed by atoms with van der Waals surface area (Å²) in [6, 6.07) is 14.3. The maximum absolute atomic E-state index is 15.0. The highest BCUT2D eigenvalue weighted by Crippen LogP contribution is 2.49. The molecule has 9 heteroatoms. The summed E-state index contributed by atoms with van der Waals surface area (Å²) in [4.78, 5) is 17.5. The molecular formula is C24H22F2N4O2S. The summed E-state index contributed by atoms with van der Waals surface area (Å²) in [6.45, 7) is 0.0985. The Morgan fingerprint density at radius 3 is 2.76 bits per heavy atom. The summed E-state index contributed by atoms with van der Waals surface area (Å²) >= 11 is 1.42. The predicted octanol–water partition coefficient (Wildman–Crippen LogP) is 4.20. The van der Waals surface area contributed by atoms with E-state index < -0.39 is 17.2 Å². The second kappa shape index (κ2) is 8.72. The number of nitrogens with zero attached hydrogens (tertiary/aromatic N) is 3. The van der Waals surface area contributed by atoms with Crippen molar-refractivity contribution in [1.29, 1.82) is 0 Å². The molecule has 0 bridgehead atoms. The van der Waals surface area contributed by atoms with E-state index in [-0.39, 0.29) is 30.1 Å². The Morgan fingerprint density at radius 1 is 1.21 bits per heavy atom. The van der Waals surface area contributed by atoms with Crippen molar-refractivity contribution in [3.63, 3.8) is 0 Å². The number of hydrogen-bond acceptors (Lipinski definition) is 5. The van der Waals surface area contributed by atoms with Gasteiger partial charge in [0.05, 0.1) is 18.4 Å². The van der Waals surface area contributed by atoms with Crippen LogP contribution in [0.2, 0.25) is 0 Å². The minimum absolute atomic E-state index is 0.0894. The van der Waals surface area contributed by atoms with Crippen LogP contribution < -0.4 is 5.32 Å². The fraction of sp³-hybridized carbons (Fsp3) is 0.292. The van der Waals surface area contributed by atoms with E-state index in [1.54, 1.807) is 35.1 Å². The van der Waals surface area contributed by atoms with Crippen LogP contribution in [-0.4, -0.2) is 33.2 Å². The van der Waals surface area contributed by atoms with Gasteiger partial charge in [0.1, 0.15) is 17.2 Å². The fourth-order valence-electron chi connectivity index (χ4n) is 4.52. The molecule has 33 heavy (non-hydrogen) atoms. The Kier molecular flexibility index (Phi) is 5.76. The molecule has 3 heterocycles. The summed E-state index contributed by atoms with van der Waals surface area (Å²) < 4.78 is 36.7. The van der Waals surface area contributed by atoms with Crippen LogP contribution in [0.3, 0.4) is 0 Å². The van der Waals surface area contributed by atoms with E-state index in [0.717, 1.165) is 11.8 Å². The first-order valence-electron chi connectivity index (χ1n) is 10.6. The first-order valence-corrected chi connectivity index (χ1v) is 11.6. The quantitative estimate of drug-likeness (QED) is 0.626. The van der Waals surface area contributed by atoms with Gasteiger partial charge in [0.25, 0.3) is 5.91 Å². The van der Waals surface area contributed by atoms with E-state index in [9.17, 15) is 9.18 Å². The molecule has 1 amide bonds. The van der Waals surface area contributed by atoms with Gasteiger partial charge in [0, 0.05) is 42.1 Å². The lowest BCUT2D eigenvalue weighted by Crippen LogP contribution is -2.50. The Labute approximate surface area is 194 Å². The van der Waals surface area contributed by atoms with Gasteiger partial charge in [-0.1, -0.05) is 36.0 Å². The van der Waals surface area contributed by atoms with Gasteiger partial charge >= 0.3 is 0 Å². The van der Waals surface area contributed by atoms with Gasteiger partial charge in [-0.25, -0.2) is 13.8 Å². The third-order valence-corrected chi connectivity index (χ3v) is 7.28. The molecular weight excluding hydrogens is 446 g/mol. The van der Waals surface area contributed by atoms with Crippen LogP contribution in [0.5, 0.6) is 0 Å². The van der Waals surface area contributed by atoms with Crippen LogP contribution in [0.1, 0.15) is 34.1 Å². The highest BCUT2D eigenvalue weighted by atomic mass is 32.2. The molecule has 3 aromatic rings. The Hall–Kier alpha value is -3.04. The van der Waals surface area contributed by atoms with Crippen molar-refractivity contribution < 1.29 is 18.3 Å². The minimum Gasteiger partial charge on any atom is -0.369 e. The molecule has 6 nitrogen and oxygen atoms in total. The Bertz CT molecular complexity index is 1220. The van der Waals surface area contributed by atoms with E-state index in [2.05, 4.69) is 10.4 Å². The molecule has 0 spiro atoms. The number of amidine groups is 1. The molecule has 170 valence electrons. The van der Waals surface area contributed by atoms with E-state index in [0.29, 0.717) is 22.9 Å². The highest BCUT2D eigenvalue weighted by molar-refractivity contribution is 8.13. The molecule has 2 aliphatic rings. The number of amides is 1. The van der Waals surface area contributed by atoms with Crippen LogP contribution in [0.15, 0.2) is 65.8 Å². The molecule has 1 aromatic heterocycles. The number of carbonyl (C=O) groups is 1. The van der Waals surface area contributed by atoms with E-state index in [1.807, 2.05) is 19.2 Å². The number of nitrogens with one attached hydrogen (secondary N) is 1. The average molecular weight is 469 g/mol. The Morgan fingerprint density at radius 2 is 2.03 bits per heavy atom. The smallest absolute Gasteiger partial charge is 0.257 e. The maximum Gasteiger partial charge on any atom is 0.257 e. The highest BCUT2D eigenvalue weighted by Gasteiger charge is 2.50. The van der Waals surface area contributed by atoms with Gasteiger partial charge in [-0.05, 0) is 30.7 Å². The number of aromatic nitrogens is 2. The molecule has 1 fully saturated rings. The number of hydrogen-bond donors (Lipinski definition) is 1. The summed E-state index contributed by atoms with van der Waals surface area (Å²) in [5.41, 5.74) is 0.628. The van der Waals surface area contributed by atoms with Gasteiger partial charge in [-0.3, -0.25) is 9.48 Å². The van der Waals surface area contributed by atoms with Crippen LogP contribution in [0, 0.1) is 17.6 Å². The minimum atomic E-state index is -1.07. The summed E-state index contributed by atoms with van der Waals surface area (Å²) in [6.07, 6.45) is 2.09. The SMILES string of the molecule is Cn1nccc1C1CC2CSC(NC(=O)c3ccccc3)=NC2(c2ccc(F)cc2F)CO1. The molecule has 1 N–H and O–H groups in total. The summed E-state index contributed by atoms with van der Waals surface area (Å²) in [5.74, 6) is -1.11. The number of rotatable bonds is 3. The van der Waals surface area contributed by atoms with E-state index in [4.69, 9.17) is 9.73 Å². The molecule has 0 saturated carbocycles. The van der Waals surface area contributed by atoms with E-state index in [1.165, 1.54) is 23.9 Å². The third-order valence-electron chi connectivity index (χ3n) is 6.24. The van der Waals surface area contributed by atoms with Crippen molar-refractivity contribution in [2.45, 2.75) is 18.1 Å². The molecule has 5 rings (SSSR count). The lowest BCUT2D eigenvalue weighted by Gasteiger charge is -2.46. The molecule has 2 aromatic carbocycles. The van der Waals surface area contributed by atoms with Gasteiger partial charge in [0.2, 0.25) is 0 Å². The van der Waals surface area contributed by atoms with Crippen molar-refractivity contribution in [3.05, 3.63) is 89.2 Å². The van der Waals surface area contributed by atoms with Crippen molar-refractivity contribution >= 4 is 22.8 Å². The second-order valence-electron chi connectivity index (χ2n) is 8.21. The van der Waals surface area contributed by atoms with Crippen LogP contribution in [0.25, 0.3) is 0 Å². The number of fused-ring (bicyclic) bond motifs is 1. The van der Waals surface area contributed by atoms with Crippen molar-refractivity contribution in [3.8, 4) is 0 Å². The van der Waals surface area contributed by atoms with Gasteiger partial charge in [0.15, 0.2) is 5.17 Å². The monoisotopic (exact) mass is 468 g/mol. The first kappa shape index (κ1) is 21.8. The molecule has 3 atom stereocenters. The molecule has 2 aliphatic heterocycles. The van der Waals surface area contributed by atoms with Crippen molar-refractivity contribution in [2.24, 2.45) is 18.0 Å². The Balaban J connectivity index is 1.50. The number of thioether (sulfide) groups is 1. The van der Waals surface area contributed by atoms with Gasteiger partial charge in [-0.15, -0.1) is 0 Å². The zero-order chi connectivity index (χ0) is 23.0. The first-order chi connectivity index (χ1) is 16.0. The second-order valence-corrected chi connectivity index (χ2v) is 9.22. The number of ether oxygens (including phenoxy) is 1. The largest absolute Gasteiger partial charge is 0.369 e. The van der Waals surface area contributed by atoms with Gasteiger partial charge in [-0.2, -0.15) is 5.10 Å². The normalized spacial score (nSPS) is 24.6. The summed E-state index contributed by atoms with van der Waals surface area (Å²) in [7, 11) is 1.85. The van der Waals surface area contributed by atoms with Crippen molar-refractivity contribution in [2.75, 3.05) is 12.4 Å². The van der Waals surface area contributed by atoms with Crippen LogP contribution in [-0.2, 0) is 17.3 Å². The maximum atomic E-state index is 15.0. The lowest BCUT2D eigenvalue weighted by atomic mass is 9.74. The topological polar surface area (TPSA) is 68.5 Å². The molecule has 0 aliphatic carbocycles. The lowest BCUT2D eigenvalue weighted by molar-refractivity contribution is -0.0621. The fourth-order valence-corrected chi connectivity index (χ4v) is 5.68. The number of benzene rings is 2. The van der Waals surface area contributed by atoms with Crippen LogP contribution >= 0.6 is 11.8 Å². The number of aryl methyl sites for hydroxylation is 1. The van der Waals surface area contributed by atoms with E-state index >= 15 is 4.39 Å². The molecule has 3 unspecified atom stereocenters. The zero-order valence-electron chi connectivity index (χ0n) is 17.9. The standard InChI is InChI=1S/C24H22F2N4O2S/c1-30-20(9-10-27-30)21-11-16-13-33-23(28-22(31)15-5-3-2-4-6-15)29-24(16,14-32-21)18-8-7-17(25)12-19(18)26/h2-10,12,16,21H,11,13-14H2,1H3,(H,28,29,31). The molecule has 1 saturated heterocycles. The average Bonchev–Trinajstić information content (AvgIpc) is 3.25. The van der Waals surface area contributed by atoms with Gasteiger partial charge < -0.3 is 10.1 Å². The van der Waals surface area contributed by atoms with Crippen molar-refractivity contribution in [1.82, 2.24) is 15.1 Å². The number of aliphatic imine (C=N–C) groups is 1. The number of carbonyl (C=O) groups excluding carboxylic acids is 1. The third kappa shape index (κ3) is 4.06. The zero-order valence-corrected chi connectivity index (χ0v) is 18.7. The summed E-state index contributed by atoms with van der Waals surface area (Å²) in [5, 5.41) is 7.47. The number of halogens is 2. The van der Waals surface area contributed by atoms with Crippen LogP contribution in [0.4, 0.5) is 8.78 Å². The predicted molar refractivity (Wildman–Crippen MR) is 122 cm³/mol.